The molecule has 1 aromatic rings. The maximum atomic E-state index is 12.5. The Morgan fingerprint density at radius 1 is 1.42 bits per heavy atom. The lowest BCUT2D eigenvalue weighted by Gasteiger charge is -2.33. The second kappa shape index (κ2) is 9.61. The number of nitrogens with one attached hydrogen (secondary N) is 3. The third kappa shape index (κ3) is 6.05. The van der Waals surface area contributed by atoms with Gasteiger partial charge in [0.05, 0.1) is 0 Å². The first kappa shape index (κ1) is 20.3. The maximum Gasteiger partial charge on any atom is 0.252 e. The number of H-pyrrole nitrogens is 1. The van der Waals surface area contributed by atoms with Gasteiger partial charge in [0.25, 0.3) is 5.56 Å². The van der Waals surface area contributed by atoms with Gasteiger partial charge in [0.2, 0.25) is 17.8 Å². The molecule has 8 nitrogen and oxygen atoms in total. The maximum absolute atomic E-state index is 12.5. The van der Waals surface area contributed by atoms with E-state index in [-0.39, 0.29) is 23.4 Å². The number of thioether (sulfide) groups is 1. The molecule has 1 aromatic heterocycles. The van der Waals surface area contributed by atoms with Crippen molar-refractivity contribution in [2.75, 3.05) is 30.0 Å². The molecule has 3 N–H and O–H groups in total. The Hall–Kier alpha value is -2.03. The highest BCUT2D eigenvalue weighted by Crippen LogP contribution is 2.15. The summed E-state index contributed by atoms with van der Waals surface area (Å²) in [5.74, 6) is 1.06. The predicted octanol–water partition coefficient (Wildman–Crippen LogP) is 0.421. The van der Waals surface area contributed by atoms with Crippen LogP contribution in [0.25, 0.3) is 0 Å². The number of aromatic amines is 1. The molecule has 2 heterocycles. The molecule has 0 aliphatic carbocycles. The number of piperidine rings is 1. The Kier molecular flexibility index (Phi) is 7.50. The van der Waals surface area contributed by atoms with Crippen molar-refractivity contribution in [1.29, 1.82) is 0 Å². The summed E-state index contributed by atoms with van der Waals surface area (Å²) in [5.41, 5.74) is 0.529. The van der Waals surface area contributed by atoms with E-state index in [9.17, 15) is 14.4 Å². The average molecular weight is 382 g/mol. The lowest BCUT2D eigenvalue weighted by Crippen LogP contribution is -2.52. The van der Waals surface area contributed by atoms with Gasteiger partial charge in [-0.15, -0.1) is 0 Å². The van der Waals surface area contributed by atoms with Gasteiger partial charge in [-0.25, -0.2) is 4.98 Å². The Morgan fingerprint density at radius 2 is 2.12 bits per heavy atom. The molecule has 1 fully saturated rings. The van der Waals surface area contributed by atoms with Crippen molar-refractivity contribution in [3.05, 3.63) is 22.1 Å². The molecule has 2 amide bonds. The van der Waals surface area contributed by atoms with Gasteiger partial charge in [-0.3, -0.25) is 19.4 Å². The molecule has 9 heteroatoms. The van der Waals surface area contributed by atoms with Crippen LogP contribution in [-0.2, 0) is 9.59 Å². The van der Waals surface area contributed by atoms with Crippen molar-refractivity contribution >= 4 is 29.5 Å². The molecule has 0 radical (unpaired) electrons. The molecule has 0 bridgehead atoms. The first-order chi connectivity index (χ1) is 12.4. The van der Waals surface area contributed by atoms with Gasteiger partial charge in [-0.1, -0.05) is 0 Å². The molecule has 26 heavy (non-hydrogen) atoms. The zero-order valence-corrected chi connectivity index (χ0v) is 16.3. The Balaban J connectivity index is 1.89. The van der Waals surface area contributed by atoms with E-state index in [0.717, 1.165) is 18.6 Å². The van der Waals surface area contributed by atoms with Crippen LogP contribution in [0.1, 0.15) is 31.9 Å². The highest BCUT2D eigenvalue weighted by molar-refractivity contribution is 7.98. The van der Waals surface area contributed by atoms with Crippen molar-refractivity contribution in [1.82, 2.24) is 20.6 Å². The molecule has 2 rings (SSSR count). The molecule has 0 spiro atoms. The second-order valence-electron chi connectivity index (χ2n) is 6.51. The fraction of sp³-hybridized carbons (Fsp3) is 0.647. The summed E-state index contributed by atoms with van der Waals surface area (Å²) in [6.07, 6.45) is 4.11. The quantitative estimate of drug-likeness (QED) is 0.632. The highest BCUT2D eigenvalue weighted by Gasteiger charge is 2.25. The van der Waals surface area contributed by atoms with Crippen molar-refractivity contribution in [2.45, 2.75) is 45.2 Å². The first-order valence-electron chi connectivity index (χ1n) is 8.78. The van der Waals surface area contributed by atoms with E-state index in [1.165, 1.54) is 13.0 Å². The SMILES string of the molecule is CSCC[C@H](NC(C)=O)C(=O)NC1CCN(c2nc(C)cc(=O)[nH]2)CC1. The number of carbonyl (C=O) groups is 2. The number of hydrogen-bond acceptors (Lipinski definition) is 6. The Morgan fingerprint density at radius 3 is 2.69 bits per heavy atom. The van der Waals surface area contributed by atoms with Gasteiger partial charge in [-0.2, -0.15) is 11.8 Å². The van der Waals surface area contributed by atoms with Gasteiger partial charge >= 0.3 is 0 Å². The number of aromatic nitrogens is 2. The van der Waals surface area contributed by atoms with Gasteiger partial charge < -0.3 is 15.5 Å². The van der Waals surface area contributed by atoms with Crippen molar-refractivity contribution in [2.24, 2.45) is 0 Å². The first-order valence-corrected chi connectivity index (χ1v) is 10.2. The second-order valence-corrected chi connectivity index (χ2v) is 7.50. The van der Waals surface area contributed by atoms with Crippen LogP contribution in [0.5, 0.6) is 0 Å². The van der Waals surface area contributed by atoms with Crippen molar-refractivity contribution < 1.29 is 9.59 Å². The summed E-state index contributed by atoms with van der Waals surface area (Å²) in [5, 5.41) is 5.77. The van der Waals surface area contributed by atoms with Crippen LogP contribution in [0, 0.1) is 6.92 Å². The number of amides is 2. The smallest absolute Gasteiger partial charge is 0.252 e. The molecular formula is C17H27N5O3S. The predicted molar refractivity (Wildman–Crippen MR) is 104 cm³/mol. The van der Waals surface area contributed by atoms with Crippen LogP contribution in [-0.4, -0.2) is 59.0 Å². The summed E-state index contributed by atoms with van der Waals surface area (Å²) in [6, 6.07) is 1.03. The zero-order valence-electron chi connectivity index (χ0n) is 15.5. The molecule has 1 saturated heterocycles. The number of nitrogens with zero attached hydrogens (tertiary/aromatic N) is 2. The number of rotatable bonds is 7. The minimum atomic E-state index is -0.493. The van der Waals surface area contributed by atoms with Crippen LogP contribution < -0.4 is 21.1 Å². The van der Waals surface area contributed by atoms with Crippen LogP contribution >= 0.6 is 11.8 Å². The summed E-state index contributed by atoms with van der Waals surface area (Å²) in [6.45, 7) is 4.62. The summed E-state index contributed by atoms with van der Waals surface area (Å²) < 4.78 is 0. The van der Waals surface area contributed by atoms with Crippen LogP contribution in [0.4, 0.5) is 5.95 Å². The van der Waals surface area contributed by atoms with E-state index < -0.39 is 6.04 Å². The summed E-state index contributed by atoms with van der Waals surface area (Å²) in [7, 11) is 0. The van der Waals surface area contributed by atoms with Gasteiger partial charge in [0.1, 0.15) is 6.04 Å². The third-order valence-electron chi connectivity index (χ3n) is 4.30. The van der Waals surface area contributed by atoms with E-state index in [2.05, 4.69) is 20.6 Å². The summed E-state index contributed by atoms with van der Waals surface area (Å²) >= 11 is 1.65. The number of aryl methyl sites for hydroxylation is 1. The van der Waals surface area contributed by atoms with Crippen LogP contribution in [0.15, 0.2) is 10.9 Å². The fourth-order valence-electron chi connectivity index (χ4n) is 3.00. The van der Waals surface area contributed by atoms with E-state index in [4.69, 9.17) is 0 Å². The zero-order chi connectivity index (χ0) is 19.1. The molecule has 0 aromatic carbocycles. The van der Waals surface area contributed by atoms with Gasteiger partial charge in [0.15, 0.2) is 0 Å². The normalized spacial score (nSPS) is 16.2. The lowest BCUT2D eigenvalue weighted by molar-refractivity contribution is -0.128. The molecular weight excluding hydrogens is 354 g/mol. The van der Waals surface area contributed by atoms with Crippen molar-refractivity contribution in [3.8, 4) is 0 Å². The van der Waals surface area contributed by atoms with Crippen LogP contribution in [0.2, 0.25) is 0 Å². The standard InChI is InChI=1S/C17H27N5O3S/c1-11-10-15(24)21-17(18-11)22-7-4-13(5-8-22)20-16(25)14(6-9-26-3)19-12(2)23/h10,13-14H,4-9H2,1-3H3,(H,19,23)(H,20,25)(H,18,21,24)/t14-/m0/s1. The van der Waals surface area contributed by atoms with Crippen molar-refractivity contribution in [3.63, 3.8) is 0 Å². The largest absolute Gasteiger partial charge is 0.351 e. The Bertz CT molecular complexity index is 685. The molecule has 1 atom stereocenters. The van der Waals surface area contributed by atoms with Gasteiger partial charge in [-0.05, 0) is 38.2 Å². The molecule has 0 saturated carbocycles. The van der Waals surface area contributed by atoms with Gasteiger partial charge in [0, 0.05) is 37.8 Å². The minimum absolute atomic E-state index is 0.0563. The topological polar surface area (TPSA) is 107 Å². The number of carbonyl (C=O) groups excluding carboxylic acids is 2. The third-order valence-corrected chi connectivity index (χ3v) is 4.95. The lowest BCUT2D eigenvalue weighted by atomic mass is 10.0. The molecule has 144 valence electrons. The number of hydrogen-bond donors (Lipinski definition) is 3. The minimum Gasteiger partial charge on any atom is -0.351 e. The fourth-order valence-corrected chi connectivity index (χ4v) is 3.47. The van der Waals surface area contributed by atoms with E-state index >= 15 is 0 Å². The molecule has 0 unspecified atom stereocenters. The highest BCUT2D eigenvalue weighted by atomic mass is 32.2. The number of anilines is 1. The van der Waals surface area contributed by atoms with E-state index in [1.807, 2.05) is 11.2 Å². The Labute approximate surface area is 157 Å². The van der Waals surface area contributed by atoms with E-state index in [0.29, 0.717) is 31.2 Å². The summed E-state index contributed by atoms with van der Waals surface area (Å²) in [4.78, 5) is 44.6. The van der Waals surface area contributed by atoms with Crippen LogP contribution in [0.3, 0.4) is 0 Å². The average Bonchev–Trinajstić information content (AvgIpc) is 2.58. The van der Waals surface area contributed by atoms with E-state index in [1.54, 1.807) is 18.7 Å². The monoisotopic (exact) mass is 381 g/mol. The molecule has 1 aliphatic heterocycles. The molecule has 1 aliphatic rings.